The van der Waals surface area contributed by atoms with Gasteiger partial charge in [0, 0.05) is 39.8 Å². The van der Waals surface area contributed by atoms with Crippen molar-refractivity contribution in [3.8, 4) is 11.5 Å². The van der Waals surface area contributed by atoms with E-state index in [9.17, 15) is 0 Å². The van der Waals surface area contributed by atoms with Crippen LogP contribution in [0.2, 0.25) is 0 Å². The summed E-state index contributed by atoms with van der Waals surface area (Å²) in [6.45, 7) is 7.35. The topological polar surface area (TPSA) is 67.4 Å². The van der Waals surface area contributed by atoms with Gasteiger partial charge in [0.15, 0.2) is 17.5 Å². The van der Waals surface area contributed by atoms with E-state index in [-0.39, 0.29) is 24.0 Å². The molecule has 30 heavy (non-hydrogen) atoms. The van der Waals surface area contributed by atoms with Crippen LogP contribution in [0.3, 0.4) is 0 Å². The molecule has 1 aliphatic rings. The lowest BCUT2D eigenvalue weighted by Gasteiger charge is -2.25. The Morgan fingerprint density at radius 1 is 1.23 bits per heavy atom. The van der Waals surface area contributed by atoms with E-state index < -0.39 is 0 Å². The monoisotopic (exact) mass is 534 g/mol. The molecule has 1 aromatic rings. The highest BCUT2D eigenvalue weighted by molar-refractivity contribution is 14.0. The summed E-state index contributed by atoms with van der Waals surface area (Å²) in [6.07, 6.45) is 4.48. The number of aryl methyl sites for hydroxylation is 1. The molecular weight excluding hydrogens is 495 g/mol. The number of ether oxygens (including phenoxy) is 3. The summed E-state index contributed by atoms with van der Waals surface area (Å²) < 4.78 is 16.2. The number of methoxy groups -OCH3 is 2. The van der Waals surface area contributed by atoms with E-state index in [0.717, 1.165) is 63.1 Å². The number of guanidine groups is 1. The Morgan fingerprint density at radius 3 is 2.77 bits per heavy atom. The van der Waals surface area contributed by atoms with Crippen molar-refractivity contribution in [2.45, 2.75) is 38.6 Å². The minimum absolute atomic E-state index is 0. The number of halogens is 1. The molecule has 7 nitrogen and oxygen atoms in total. The summed E-state index contributed by atoms with van der Waals surface area (Å²) >= 11 is 0. The highest BCUT2D eigenvalue weighted by Gasteiger charge is 2.23. The van der Waals surface area contributed by atoms with Crippen molar-refractivity contribution in [2.75, 3.05) is 60.7 Å². The molecule has 2 N–H and O–H groups in total. The first-order valence-electron chi connectivity index (χ1n) is 10.7. The zero-order valence-corrected chi connectivity index (χ0v) is 21.2. The van der Waals surface area contributed by atoms with E-state index in [2.05, 4.69) is 32.7 Å². The number of likely N-dealkylation sites (tertiary alicyclic amines) is 1. The lowest BCUT2D eigenvalue weighted by atomic mass is 10.1. The number of nitrogens with zero attached hydrogens (tertiary/aromatic N) is 2. The van der Waals surface area contributed by atoms with Gasteiger partial charge in [0.1, 0.15) is 0 Å². The normalized spacial score (nSPS) is 16.8. The van der Waals surface area contributed by atoms with Crippen LogP contribution in [0.1, 0.15) is 31.7 Å². The zero-order valence-electron chi connectivity index (χ0n) is 18.9. The van der Waals surface area contributed by atoms with Crippen LogP contribution >= 0.6 is 24.0 Å². The molecule has 172 valence electrons. The van der Waals surface area contributed by atoms with E-state index in [4.69, 9.17) is 14.2 Å². The fourth-order valence-corrected chi connectivity index (χ4v) is 3.71. The van der Waals surface area contributed by atoms with Crippen LogP contribution in [0.15, 0.2) is 23.2 Å². The van der Waals surface area contributed by atoms with E-state index in [1.54, 1.807) is 14.2 Å². The molecule has 0 spiro atoms. The number of aliphatic imine (C=N–C) groups is 1. The molecule has 1 aliphatic heterocycles. The molecule has 2 rings (SSSR count). The molecule has 0 bridgehead atoms. The maximum absolute atomic E-state index is 5.66. The molecule has 1 unspecified atom stereocenters. The molecule has 1 atom stereocenters. The van der Waals surface area contributed by atoms with Crippen molar-refractivity contribution in [3.63, 3.8) is 0 Å². The highest BCUT2D eigenvalue weighted by atomic mass is 127. The van der Waals surface area contributed by atoms with Gasteiger partial charge in [-0.3, -0.25) is 9.89 Å². The lowest BCUT2D eigenvalue weighted by Crippen LogP contribution is -2.45. The van der Waals surface area contributed by atoms with Gasteiger partial charge in [0.05, 0.1) is 20.3 Å². The van der Waals surface area contributed by atoms with E-state index >= 15 is 0 Å². The Kier molecular flexibility index (Phi) is 13.9. The van der Waals surface area contributed by atoms with Gasteiger partial charge < -0.3 is 24.8 Å². The number of rotatable bonds is 12. The van der Waals surface area contributed by atoms with Crippen LogP contribution in [-0.2, 0) is 11.2 Å². The van der Waals surface area contributed by atoms with Gasteiger partial charge in [-0.1, -0.05) is 6.07 Å². The first-order chi connectivity index (χ1) is 14.2. The Bertz CT molecular complexity index is 630. The number of benzene rings is 1. The Hall–Kier alpha value is -1.26. The van der Waals surface area contributed by atoms with E-state index in [0.29, 0.717) is 12.6 Å². The highest BCUT2D eigenvalue weighted by Crippen LogP contribution is 2.28. The number of hydrogen-bond donors (Lipinski definition) is 2. The van der Waals surface area contributed by atoms with E-state index in [1.165, 1.54) is 18.4 Å². The molecule has 0 radical (unpaired) electrons. The van der Waals surface area contributed by atoms with Gasteiger partial charge in [0.2, 0.25) is 0 Å². The van der Waals surface area contributed by atoms with Crippen molar-refractivity contribution in [3.05, 3.63) is 23.8 Å². The largest absolute Gasteiger partial charge is 0.493 e. The second kappa shape index (κ2) is 15.5. The quantitative estimate of drug-likeness (QED) is 0.186. The molecule has 0 aliphatic carbocycles. The van der Waals surface area contributed by atoms with Gasteiger partial charge in [-0.05, 0) is 56.8 Å². The van der Waals surface area contributed by atoms with Crippen LogP contribution in [0.4, 0.5) is 0 Å². The molecule has 1 heterocycles. The zero-order chi connectivity index (χ0) is 20.9. The summed E-state index contributed by atoms with van der Waals surface area (Å²) in [5, 5.41) is 6.90. The lowest BCUT2D eigenvalue weighted by molar-refractivity contribution is 0.141. The third-order valence-corrected chi connectivity index (χ3v) is 5.27. The van der Waals surface area contributed by atoms with Crippen molar-refractivity contribution in [1.29, 1.82) is 0 Å². The van der Waals surface area contributed by atoms with Crippen LogP contribution in [0.5, 0.6) is 11.5 Å². The minimum Gasteiger partial charge on any atom is -0.493 e. The van der Waals surface area contributed by atoms with Crippen LogP contribution in [0, 0.1) is 0 Å². The molecule has 1 fully saturated rings. The van der Waals surface area contributed by atoms with Crippen LogP contribution < -0.4 is 20.1 Å². The second-order valence-corrected chi connectivity index (χ2v) is 7.23. The Morgan fingerprint density at radius 2 is 2.07 bits per heavy atom. The van der Waals surface area contributed by atoms with Gasteiger partial charge >= 0.3 is 0 Å². The summed E-state index contributed by atoms with van der Waals surface area (Å²) in [5.41, 5.74) is 1.25. The second-order valence-electron chi connectivity index (χ2n) is 7.23. The fraction of sp³-hybridized carbons (Fsp3) is 0.682. The predicted octanol–water partition coefficient (Wildman–Crippen LogP) is 2.92. The fourth-order valence-electron chi connectivity index (χ4n) is 3.71. The average Bonchev–Trinajstić information content (AvgIpc) is 3.19. The Labute approximate surface area is 199 Å². The minimum atomic E-state index is 0. The van der Waals surface area contributed by atoms with Crippen molar-refractivity contribution in [1.82, 2.24) is 15.5 Å². The van der Waals surface area contributed by atoms with Gasteiger partial charge in [-0.25, -0.2) is 0 Å². The smallest absolute Gasteiger partial charge is 0.191 e. The molecule has 1 aromatic carbocycles. The standard InChI is InChI=1S/C22H38N4O3.HI/c1-5-29-21-16-18(10-11-20(21)28-4)8-6-12-24-22(23-2)25-17-19-9-7-13-26(19)14-15-27-3;/h10-11,16,19H,5-9,12-15,17H2,1-4H3,(H2,23,24,25);1H. The van der Waals surface area contributed by atoms with Crippen LogP contribution in [-0.4, -0.2) is 77.6 Å². The predicted molar refractivity (Wildman–Crippen MR) is 134 cm³/mol. The number of hydrogen-bond acceptors (Lipinski definition) is 5. The maximum atomic E-state index is 5.66. The van der Waals surface area contributed by atoms with Crippen molar-refractivity contribution in [2.24, 2.45) is 4.99 Å². The molecule has 0 saturated carbocycles. The summed E-state index contributed by atoms with van der Waals surface area (Å²) in [7, 11) is 5.26. The van der Waals surface area contributed by atoms with Gasteiger partial charge in [0.25, 0.3) is 0 Å². The molecule has 0 amide bonds. The van der Waals surface area contributed by atoms with Gasteiger partial charge in [-0.2, -0.15) is 0 Å². The molecule has 8 heteroatoms. The third-order valence-electron chi connectivity index (χ3n) is 5.27. The Balaban J connectivity index is 0.00000450. The van der Waals surface area contributed by atoms with Crippen LogP contribution in [0.25, 0.3) is 0 Å². The summed E-state index contributed by atoms with van der Waals surface area (Å²) in [4.78, 5) is 6.86. The summed E-state index contributed by atoms with van der Waals surface area (Å²) in [6, 6.07) is 6.71. The third kappa shape index (κ3) is 8.85. The van der Waals surface area contributed by atoms with E-state index in [1.807, 2.05) is 20.0 Å². The van der Waals surface area contributed by atoms with Crippen molar-refractivity contribution < 1.29 is 14.2 Å². The maximum Gasteiger partial charge on any atom is 0.191 e. The molecular formula is C22H39IN4O3. The molecule has 0 aromatic heterocycles. The molecule has 1 saturated heterocycles. The van der Waals surface area contributed by atoms with Gasteiger partial charge in [-0.15, -0.1) is 24.0 Å². The summed E-state index contributed by atoms with van der Waals surface area (Å²) in [5.74, 6) is 2.46. The first-order valence-corrected chi connectivity index (χ1v) is 10.7. The average molecular weight is 534 g/mol. The first kappa shape index (κ1) is 26.8. The SMILES string of the molecule is CCOc1cc(CCCNC(=NC)NCC2CCCN2CCOC)ccc1OC.I. The van der Waals surface area contributed by atoms with Crippen molar-refractivity contribution >= 4 is 29.9 Å². The number of nitrogens with one attached hydrogen (secondary N) is 2.